The topological polar surface area (TPSA) is 29.1 Å². The molecule has 2 atom stereocenters. The molecule has 1 amide bonds. The van der Waals surface area contributed by atoms with E-state index in [1.807, 2.05) is 12.1 Å². The molecule has 106 valence electrons. The standard InChI is InChI=1S/C18H17NOS/c20-18(17-11-13-6-2-4-8-16(13)21-17)19-15-10-9-12-5-1-3-7-14(12)15/h1-8,15,17H,9-11H2,(H,19,20). The number of carbonyl (C=O) groups excluding carboxylic acids is 1. The van der Waals surface area contributed by atoms with Crippen molar-refractivity contribution >= 4 is 17.7 Å². The van der Waals surface area contributed by atoms with Gasteiger partial charge in [0.2, 0.25) is 5.91 Å². The Kier molecular flexibility index (Phi) is 3.23. The normalized spacial score (nSPS) is 22.7. The van der Waals surface area contributed by atoms with Crippen molar-refractivity contribution in [3.63, 3.8) is 0 Å². The molecule has 21 heavy (non-hydrogen) atoms. The van der Waals surface area contributed by atoms with Crippen molar-refractivity contribution in [1.82, 2.24) is 5.32 Å². The number of fused-ring (bicyclic) bond motifs is 2. The van der Waals surface area contributed by atoms with Crippen molar-refractivity contribution in [2.75, 3.05) is 0 Å². The Morgan fingerprint density at radius 1 is 1.05 bits per heavy atom. The minimum absolute atomic E-state index is 0.0233. The summed E-state index contributed by atoms with van der Waals surface area (Å²) < 4.78 is 0. The number of carbonyl (C=O) groups is 1. The van der Waals surface area contributed by atoms with Gasteiger partial charge < -0.3 is 5.32 Å². The SMILES string of the molecule is O=C(NC1CCc2ccccc21)C1Cc2ccccc2S1. The first-order valence-corrected chi connectivity index (χ1v) is 8.32. The van der Waals surface area contributed by atoms with Gasteiger partial charge in [-0.1, -0.05) is 42.5 Å². The molecule has 2 aliphatic rings. The lowest BCUT2D eigenvalue weighted by Crippen LogP contribution is -2.34. The van der Waals surface area contributed by atoms with Gasteiger partial charge in [0, 0.05) is 4.90 Å². The summed E-state index contributed by atoms with van der Waals surface area (Å²) >= 11 is 1.70. The van der Waals surface area contributed by atoms with Crippen LogP contribution in [-0.2, 0) is 17.6 Å². The van der Waals surface area contributed by atoms with Crippen LogP contribution < -0.4 is 5.32 Å². The maximum atomic E-state index is 12.5. The molecule has 1 N–H and O–H groups in total. The smallest absolute Gasteiger partial charge is 0.234 e. The number of hydrogen-bond acceptors (Lipinski definition) is 2. The first-order chi connectivity index (χ1) is 10.3. The minimum atomic E-state index is 0.0233. The average Bonchev–Trinajstić information content (AvgIpc) is 3.11. The molecule has 0 fully saturated rings. The lowest BCUT2D eigenvalue weighted by atomic mass is 10.1. The first-order valence-electron chi connectivity index (χ1n) is 7.44. The fourth-order valence-corrected chi connectivity index (χ4v) is 4.50. The highest BCUT2D eigenvalue weighted by molar-refractivity contribution is 8.01. The fraction of sp³-hybridized carbons (Fsp3) is 0.278. The van der Waals surface area contributed by atoms with Crippen LogP contribution in [-0.4, -0.2) is 11.2 Å². The van der Waals surface area contributed by atoms with Crippen LogP contribution >= 0.6 is 11.8 Å². The van der Waals surface area contributed by atoms with E-state index in [2.05, 4.69) is 41.7 Å². The summed E-state index contributed by atoms with van der Waals surface area (Å²) in [5, 5.41) is 3.28. The van der Waals surface area contributed by atoms with E-state index in [0.717, 1.165) is 19.3 Å². The van der Waals surface area contributed by atoms with E-state index in [-0.39, 0.29) is 17.2 Å². The van der Waals surface area contributed by atoms with E-state index in [4.69, 9.17) is 0 Å². The predicted octanol–water partition coefficient (Wildman–Crippen LogP) is 3.51. The lowest BCUT2D eigenvalue weighted by molar-refractivity contribution is -0.121. The van der Waals surface area contributed by atoms with Gasteiger partial charge in [0.05, 0.1) is 11.3 Å². The second kappa shape index (κ2) is 5.23. The minimum Gasteiger partial charge on any atom is -0.348 e. The Morgan fingerprint density at radius 2 is 1.81 bits per heavy atom. The second-order valence-corrected chi connectivity index (χ2v) is 6.96. The van der Waals surface area contributed by atoms with E-state index in [0.29, 0.717) is 0 Å². The zero-order valence-electron chi connectivity index (χ0n) is 11.7. The van der Waals surface area contributed by atoms with Gasteiger partial charge in [-0.2, -0.15) is 0 Å². The largest absolute Gasteiger partial charge is 0.348 e. The number of thioether (sulfide) groups is 1. The monoisotopic (exact) mass is 295 g/mol. The first kappa shape index (κ1) is 13.0. The molecule has 0 spiro atoms. The number of aryl methyl sites for hydroxylation is 1. The van der Waals surface area contributed by atoms with Gasteiger partial charge in [0.25, 0.3) is 0 Å². The van der Waals surface area contributed by atoms with Crippen LogP contribution in [0.2, 0.25) is 0 Å². The van der Waals surface area contributed by atoms with E-state index in [9.17, 15) is 4.79 Å². The molecular weight excluding hydrogens is 278 g/mol. The Labute approximate surface area is 129 Å². The summed E-state index contributed by atoms with van der Waals surface area (Å²) in [6.07, 6.45) is 2.94. The molecule has 0 radical (unpaired) electrons. The van der Waals surface area contributed by atoms with Crippen LogP contribution in [0, 0.1) is 0 Å². The van der Waals surface area contributed by atoms with E-state index in [1.54, 1.807) is 11.8 Å². The van der Waals surface area contributed by atoms with Gasteiger partial charge in [-0.3, -0.25) is 4.79 Å². The van der Waals surface area contributed by atoms with Crippen molar-refractivity contribution in [3.05, 3.63) is 65.2 Å². The molecule has 2 aromatic carbocycles. The van der Waals surface area contributed by atoms with Crippen LogP contribution in [0.3, 0.4) is 0 Å². The third kappa shape index (κ3) is 2.36. The summed E-state index contributed by atoms with van der Waals surface area (Å²) in [5.74, 6) is 0.179. The molecule has 0 saturated heterocycles. The third-order valence-corrected chi connectivity index (χ3v) is 5.71. The molecule has 1 heterocycles. The maximum absolute atomic E-state index is 12.5. The molecular formula is C18H17NOS. The zero-order valence-corrected chi connectivity index (χ0v) is 12.5. The number of hydrogen-bond donors (Lipinski definition) is 1. The molecule has 1 aliphatic heterocycles. The van der Waals surface area contributed by atoms with Crippen molar-refractivity contribution in [2.24, 2.45) is 0 Å². The molecule has 2 unspecified atom stereocenters. The van der Waals surface area contributed by atoms with Crippen LogP contribution in [0.1, 0.15) is 29.2 Å². The number of amides is 1. The molecule has 0 saturated carbocycles. The van der Waals surface area contributed by atoms with E-state index >= 15 is 0 Å². The van der Waals surface area contributed by atoms with Crippen LogP contribution in [0.4, 0.5) is 0 Å². The zero-order chi connectivity index (χ0) is 14.2. The van der Waals surface area contributed by atoms with Crippen molar-refractivity contribution in [1.29, 1.82) is 0 Å². The van der Waals surface area contributed by atoms with E-state index < -0.39 is 0 Å². The molecule has 1 aliphatic carbocycles. The summed E-state index contributed by atoms with van der Waals surface area (Å²) in [5.41, 5.74) is 3.98. The van der Waals surface area contributed by atoms with Crippen LogP contribution in [0.25, 0.3) is 0 Å². The fourth-order valence-electron chi connectivity index (χ4n) is 3.30. The summed E-state index contributed by atoms with van der Waals surface area (Å²) in [4.78, 5) is 13.8. The van der Waals surface area contributed by atoms with Gasteiger partial charge in [0.15, 0.2) is 0 Å². The average molecular weight is 295 g/mol. The second-order valence-electron chi connectivity index (χ2n) is 5.72. The van der Waals surface area contributed by atoms with Crippen molar-refractivity contribution < 1.29 is 4.79 Å². The Morgan fingerprint density at radius 3 is 2.67 bits per heavy atom. The van der Waals surface area contributed by atoms with Crippen LogP contribution in [0.5, 0.6) is 0 Å². The van der Waals surface area contributed by atoms with Crippen LogP contribution in [0.15, 0.2) is 53.4 Å². The predicted molar refractivity (Wildman–Crippen MR) is 85.4 cm³/mol. The summed E-state index contributed by atoms with van der Waals surface area (Å²) in [6.45, 7) is 0. The van der Waals surface area contributed by atoms with E-state index in [1.165, 1.54) is 21.6 Å². The highest BCUT2D eigenvalue weighted by Crippen LogP contribution is 2.38. The van der Waals surface area contributed by atoms with Gasteiger partial charge >= 0.3 is 0 Å². The van der Waals surface area contributed by atoms with Crippen molar-refractivity contribution in [2.45, 2.75) is 35.4 Å². The number of benzene rings is 2. The molecule has 2 nitrogen and oxygen atoms in total. The molecule has 4 rings (SSSR count). The van der Waals surface area contributed by atoms with Gasteiger partial charge in [-0.15, -0.1) is 11.8 Å². The Balaban J connectivity index is 1.47. The molecule has 2 aromatic rings. The highest BCUT2D eigenvalue weighted by atomic mass is 32.2. The quantitative estimate of drug-likeness (QED) is 0.918. The maximum Gasteiger partial charge on any atom is 0.234 e. The van der Waals surface area contributed by atoms with Gasteiger partial charge in [-0.25, -0.2) is 0 Å². The summed E-state index contributed by atoms with van der Waals surface area (Å²) in [7, 11) is 0. The number of rotatable bonds is 2. The van der Waals surface area contributed by atoms with Crippen molar-refractivity contribution in [3.8, 4) is 0 Å². The number of nitrogens with one attached hydrogen (secondary N) is 1. The Bertz CT molecular complexity index is 672. The molecule has 3 heteroatoms. The highest BCUT2D eigenvalue weighted by Gasteiger charge is 2.31. The summed E-state index contributed by atoms with van der Waals surface area (Å²) in [6, 6.07) is 17.0. The van der Waals surface area contributed by atoms with Gasteiger partial charge in [0.1, 0.15) is 0 Å². The Hall–Kier alpha value is -1.74. The molecule has 0 aromatic heterocycles. The van der Waals surface area contributed by atoms with Gasteiger partial charge in [-0.05, 0) is 42.0 Å². The lowest BCUT2D eigenvalue weighted by Gasteiger charge is -2.17. The molecule has 0 bridgehead atoms. The third-order valence-electron chi connectivity index (χ3n) is 4.39.